The Kier molecular flexibility index (Phi) is 4.77. The van der Waals surface area contributed by atoms with Gasteiger partial charge in [-0.15, -0.1) is 0 Å². The fourth-order valence-electron chi connectivity index (χ4n) is 2.34. The van der Waals surface area contributed by atoms with Crippen LogP contribution in [0.1, 0.15) is 24.8 Å². The number of carbonyl (C=O) groups is 3. The van der Waals surface area contributed by atoms with Gasteiger partial charge in [0.15, 0.2) is 0 Å². The van der Waals surface area contributed by atoms with Gasteiger partial charge in [-0.2, -0.15) is 0 Å². The molecule has 22 heavy (non-hydrogen) atoms. The molecule has 0 heterocycles. The average molecular weight is 305 g/mol. The maximum Gasteiger partial charge on any atom is 0.243 e. The molecule has 0 bridgehead atoms. The fraction of sp³-hybridized carbons (Fsp3) is 0.400. The molecule has 0 saturated heterocycles. The number of aliphatic hydroxyl groups excluding tert-OH is 1. The lowest BCUT2D eigenvalue weighted by atomic mass is 9.67. The Morgan fingerprint density at radius 2 is 1.82 bits per heavy atom. The molecule has 1 aliphatic rings. The van der Waals surface area contributed by atoms with E-state index >= 15 is 0 Å². The van der Waals surface area contributed by atoms with Crippen molar-refractivity contribution in [2.24, 2.45) is 11.1 Å². The van der Waals surface area contributed by atoms with Gasteiger partial charge in [-0.05, 0) is 30.5 Å². The first-order chi connectivity index (χ1) is 10.5. The molecule has 3 amide bonds. The summed E-state index contributed by atoms with van der Waals surface area (Å²) in [6.45, 7) is -0.297. The molecule has 1 aromatic carbocycles. The van der Waals surface area contributed by atoms with Gasteiger partial charge in [0.1, 0.15) is 5.41 Å². The second-order valence-corrected chi connectivity index (χ2v) is 5.39. The van der Waals surface area contributed by atoms with E-state index in [0.29, 0.717) is 18.5 Å². The third-order valence-electron chi connectivity index (χ3n) is 3.94. The number of carbonyl (C=O) groups excluding carboxylic acids is 3. The number of amides is 3. The normalized spacial score (nSPS) is 15.5. The first-order valence-electron chi connectivity index (χ1n) is 7.06. The summed E-state index contributed by atoms with van der Waals surface area (Å²) in [5.41, 5.74) is 5.42. The van der Waals surface area contributed by atoms with Crippen molar-refractivity contribution in [2.75, 3.05) is 11.9 Å². The van der Waals surface area contributed by atoms with E-state index in [0.717, 1.165) is 12.0 Å². The largest absolute Gasteiger partial charge is 0.392 e. The minimum Gasteiger partial charge on any atom is -0.392 e. The highest BCUT2D eigenvalue weighted by atomic mass is 16.3. The van der Waals surface area contributed by atoms with E-state index in [4.69, 9.17) is 10.8 Å². The van der Waals surface area contributed by atoms with Crippen molar-refractivity contribution >= 4 is 23.4 Å². The monoisotopic (exact) mass is 305 g/mol. The highest BCUT2D eigenvalue weighted by Gasteiger charge is 2.49. The maximum atomic E-state index is 12.0. The zero-order valence-electron chi connectivity index (χ0n) is 12.1. The maximum absolute atomic E-state index is 12.0. The number of nitrogens with one attached hydrogen (secondary N) is 2. The second-order valence-electron chi connectivity index (χ2n) is 5.39. The summed E-state index contributed by atoms with van der Waals surface area (Å²) < 4.78 is 0. The van der Waals surface area contributed by atoms with E-state index in [1.165, 1.54) is 0 Å². The van der Waals surface area contributed by atoms with E-state index in [1.807, 2.05) is 0 Å². The van der Waals surface area contributed by atoms with Crippen LogP contribution in [0.2, 0.25) is 0 Å². The van der Waals surface area contributed by atoms with Gasteiger partial charge in [0.2, 0.25) is 17.7 Å². The highest BCUT2D eigenvalue weighted by molar-refractivity contribution is 6.06. The van der Waals surface area contributed by atoms with Crippen LogP contribution in [-0.4, -0.2) is 29.4 Å². The molecule has 7 nitrogen and oxygen atoms in total. The topological polar surface area (TPSA) is 122 Å². The molecular weight excluding hydrogens is 286 g/mol. The Bertz CT molecular complexity index is 579. The number of benzene rings is 1. The Morgan fingerprint density at radius 1 is 1.18 bits per heavy atom. The number of nitrogens with two attached hydrogens (primary N) is 1. The van der Waals surface area contributed by atoms with Crippen LogP contribution in [0.25, 0.3) is 0 Å². The molecule has 118 valence electrons. The Labute approximate surface area is 127 Å². The van der Waals surface area contributed by atoms with Crippen molar-refractivity contribution < 1.29 is 19.5 Å². The van der Waals surface area contributed by atoms with Gasteiger partial charge in [-0.25, -0.2) is 0 Å². The molecule has 1 fully saturated rings. The van der Waals surface area contributed by atoms with Gasteiger partial charge in [-0.3, -0.25) is 14.4 Å². The molecular formula is C15H19N3O4. The molecule has 0 aromatic heterocycles. The number of anilines is 1. The Balaban J connectivity index is 1.84. The zero-order valence-corrected chi connectivity index (χ0v) is 12.1. The summed E-state index contributed by atoms with van der Waals surface area (Å²) in [5, 5.41) is 14.0. The second kappa shape index (κ2) is 6.57. The van der Waals surface area contributed by atoms with Crippen molar-refractivity contribution in [3.8, 4) is 0 Å². The molecule has 1 saturated carbocycles. The van der Waals surface area contributed by atoms with Gasteiger partial charge in [0.25, 0.3) is 0 Å². The molecule has 0 spiro atoms. The summed E-state index contributed by atoms with van der Waals surface area (Å²) in [7, 11) is 0. The van der Waals surface area contributed by atoms with Crippen molar-refractivity contribution in [1.29, 1.82) is 0 Å². The number of hydrogen-bond acceptors (Lipinski definition) is 4. The van der Waals surface area contributed by atoms with Crippen molar-refractivity contribution in [3.05, 3.63) is 29.8 Å². The van der Waals surface area contributed by atoms with Gasteiger partial charge < -0.3 is 21.5 Å². The molecule has 1 aromatic rings. The molecule has 0 atom stereocenters. The van der Waals surface area contributed by atoms with Gasteiger partial charge >= 0.3 is 0 Å². The first-order valence-corrected chi connectivity index (χ1v) is 7.06. The highest BCUT2D eigenvalue weighted by Crippen LogP contribution is 2.40. The average Bonchev–Trinajstić information content (AvgIpc) is 2.44. The van der Waals surface area contributed by atoms with Gasteiger partial charge in [0, 0.05) is 5.69 Å². The number of aliphatic hydroxyl groups is 1. The quantitative estimate of drug-likeness (QED) is 0.548. The van der Waals surface area contributed by atoms with Crippen LogP contribution in [0.15, 0.2) is 24.3 Å². The van der Waals surface area contributed by atoms with Crippen molar-refractivity contribution in [3.63, 3.8) is 0 Å². The predicted molar refractivity (Wildman–Crippen MR) is 79.5 cm³/mol. The van der Waals surface area contributed by atoms with Crippen LogP contribution in [0.5, 0.6) is 0 Å². The number of primary amides is 1. The van der Waals surface area contributed by atoms with Crippen LogP contribution >= 0.6 is 0 Å². The molecule has 0 aliphatic heterocycles. The van der Waals surface area contributed by atoms with E-state index < -0.39 is 23.1 Å². The number of rotatable bonds is 6. The minimum absolute atomic E-state index is 0.0700. The third kappa shape index (κ3) is 3.25. The Hall–Kier alpha value is -2.41. The molecule has 0 unspecified atom stereocenters. The standard InChI is InChI=1S/C15H19N3O4/c16-13(21)15(6-1-7-15)14(22)17-8-12(20)18-11-4-2-10(9-19)3-5-11/h2-5,19H,1,6-9H2,(H2,16,21)(H,17,22)(H,18,20). The lowest BCUT2D eigenvalue weighted by Gasteiger charge is -2.36. The SMILES string of the molecule is NC(=O)C1(C(=O)NCC(=O)Nc2ccc(CO)cc2)CCC1. The summed E-state index contributed by atoms with van der Waals surface area (Å²) in [5.74, 6) is -1.53. The summed E-state index contributed by atoms with van der Waals surface area (Å²) in [4.78, 5) is 35.2. The van der Waals surface area contributed by atoms with Crippen LogP contribution in [0.4, 0.5) is 5.69 Å². The van der Waals surface area contributed by atoms with Crippen molar-refractivity contribution in [1.82, 2.24) is 5.32 Å². The van der Waals surface area contributed by atoms with Gasteiger partial charge in [0.05, 0.1) is 13.2 Å². The van der Waals surface area contributed by atoms with E-state index in [-0.39, 0.29) is 13.2 Å². The van der Waals surface area contributed by atoms with Crippen molar-refractivity contribution in [2.45, 2.75) is 25.9 Å². The van der Waals surface area contributed by atoms with Crippen LogP contribution in [-0.2, 0) is 21.0 Å². The smallest absolute Gasteiger partial charge is 0.243 e. The number of hydrogen-bond donors (Lipinski definition) is 4. The van der Waals surface area contributed by atoms with Crippen LogP contribution in [0, 0.1) is 5.41 Å². The van der Waals surface area contributed by atoms with E-state index in [9.17, 15) is 14.4 Å². The summed E-state index contributed by atoms with van der Waals surface area (Å²) in [6.07, 6.45) is 1.64. The Morgan fingerprint density at radius 3 is 2.27 bits per heavy atom. The van der Waals surface area contributed by atoms with E-state index in [1.54, 1.807) is 24.3 Å². The summed E-state index contributed by atoms with van der Waals surface area (Å²) in [6, 6.07) is 6.68. The molecule has 7 heteroatoms. The molecule has 1 aliphatic carbocycles. The predicted octanol–water partition coefficient (Wildman–Crippen LogP) is -0.111. The summed E-state index contributed by atoms with van der Waals surface area (Å²) >= 11 is 0. The molecule has 0 radical (unpaired) electrons. The lowest BCUT2D eigenvalue weighted by Crippen LogP contribution is -2.54. The molecule has 5 N–H and O–H groups in total. The molecule has 2 rings (SSSR count). The lowest BCUT2D eigenvalue weighted by molar-refractivity contribution is -0.148. The third-order valence-corrected chi connectivity index (χ3v) is 3.94. The van der Waals surface area contributed by atoms with E-state index in [2.05, 4.69) is 10.6 Å². The van der Waals surface area contributed by atoms with Crippen LogP contribution < -0.4 is 16.4 Å². The fourth-order valence-corrected chi connectivity index (χ4v) is 2.34. The first kappa shape index (κ1) is 16.0. The zero-order chi connectivity index (χ0) is 16.2. The van der Waals surface area contributed by atoms with Crippen LogP contribution in [0.3, 0.4) is 0 Å². The van der Waals surface area contributed by atoms with Gasteiger partial charge in [-0.1, -0.05) is 18.6 Å². The minimum atomic E-state index is -1.15.